The van der Waals surface area contributed by atoms with Crippen LogP contribution in [0.4, 0.5) is 5.69 Å². The van der Waals surface area contributed by atoms with Gasteiger partial charge in [0, 0.05) is 37.6 Å². The predicted octanol–water partition coefficient (Wildman–Crippen LogP) is 3.00. The van der Waals surface area contributed by atoms with E-state index in [1.165, 1.54) is 20.0 Å². The first-order valence-electron chi connectivity index (χ1n) is 8.35. The van der Waals surface area contributed by atoms with E-state index in [0.29, 0.717) is 0 Å². The molecule has 134 valence electrons. The molecule has 1 aliphatic rings. The number of nitrogens with one attached hydrogen (secondary N) is 1. The van der Waals surface area contributed by atoms with E-state index in [9.17, 15) is 9.59 Å². The molecule has 2 aromatic rings. The van der Waals surface area contributed by atoms with Gasteiger partial charge in [0.1, 0.15) is 0 Å². The largest absolute Gasteiger partial charge is 0.419 e. The van der Waals surface area contributed by atoms with E-state index in [1.54, 1.807) is 6.20 Å². The lowest BCUT2D eigenvalue weighted by molar-refractivity contribution is -0.222. The SMILES string of the molecule is CC1(C)OC(=O)C(=CNc2cccc(CCc3ccccn3)c2)C(=O)O1. The Morgan fingerprint density at radius 2 is 1.81 bits per heavy atom. The van der Waals surface area contributed by atoms with Crippen molar-refractivity contribution in [3.05, 3.63) is 71.7 Å². The van der Waals surface area contributed by atoms with E-state index >= 15 is 0 Å². The summed E-state index contributed by atoms with van der Waals surface area (Å²) in [5.74, 6) is -2.65. The maximum Gasteiger partial charge on any atom is 0.350 e. The monoisotopic (exact) mass is 352 g/mol. The summed E-state index contributed by atoms with van der Waals surface area (Å²) in [6.45, 7) is 3.02. The second-order valence-corrected chi connectivity index (χ2v) is 6.40. The quantitative estimate of drug-likeness (QED) is 0.506. The van der Waals surface area contributed by atoms with Gasteiger partial charge in [-0.3, -0.25) is 4.98 Å². The number of cyclic esters (lactones) is 2. The molecule has 1 aliphatic heterocycles. The van der Waals surface area contributed by atoms with E-state index in [0.717, 1.165) is 29.8 Å². The van der Waals surface area contributed by atoms with Crippen LogP contribution in [0.1, 0.15) is 25.1 Å². The van der Waals surface area contributed by atoms with Crippen LogP contribution in [0.25, 0.3) is 0 Å². The molecule has 2 heterocycles. The zero-order chi connectivity index (χ0) is 18.6. The fourth-order valence-corrected chi connectivity index (χ4v) is 2.57. The second-order valence-electron chi connectivity index (χ2n) is 6.40. The molecule has 0 unspecified atom stereocenters. The van der Waals surface area contributed by atoms with E-state index in [-0.39, 0.29) is 5.57 Å². The van der Waals surface area contributed by atoms with Gasteiger partial charge in [0.15, 0.2) is 5.57 Å². The van der Waals surface area contributed by atoms with Crippen LogP contribution in [0.5, 0.6) is 0 Å². The molecule has 26 heavy (non-hydrogen) atoms. The van der Waals surface area contributed by atoms with Gasteiger partial charge in [0.2, 0.25) is 0 Å². The molecule has 0 aliphatic carbocycles. The molecule has 0 spiro atoms. The topological polar surface area (TPSA) is 77.5 Å². The van der Waals surface area contributed by atoms with Crippen molar-refractivity contribution in [2.45, 2.75) is 32.5 Å². The molecule has 0 amide bonds. The zero-order valence-corrected chi connectivity index (χ0v) is 14.7. The van der Waals surface area contributed by atoms with Crippen molar-refractivity contribution in [3.63, 3.8) is 0 Å². The molecule has 1 saturated heterocycles. The average molecular weight is 352 g/mol. The fraction of sp³-hybridized carbons (Fsp3) is 0.250. The van der Waals surface area contributed by atoms with Crippen molar-refractivity contribution in [1.29, 1.82) is 0 Å². The molecule has 1 N–H and O–H groups in total. The number of anilines is 1. The Balaban J connectivity index is 1.65. The van der Waals surface area contributed by atoms with Gasteiger partial charge >= 0.3 is 11.9 Å². The first-order chi connectivity index (χ1) is 12.4. The molecule has 0 radical (unpaired) electrons. The minimum atomic E-state index is -1.24. The molecular formula is C20H20N2O4. The van der Waals surface area contributed by atoms with Crippen molar-refractivity contribution in [2.24, 2.45) is 0 Å². The Hall–Kier alpha value is -3.15. The zero-order valence-electron chi connectivity index (χ0n) is 14.7. The summed E-state index contributed by atoms with van der Waals surface area (Å²) in [5.41, 5.74) is 2.75. The number of carbonyl (C=O) groups is 2. The highest BCUT2D eigenvalue weighted by Gasteiger charge is 2.38. The Labute approximate surface area is 151 Å². The number of nitrogens with zero attached hydrogens (tertiary/aromatic N) is 1. The highest BCUT2D eigenvalue weighted by atomic mass is 16.7. The number of aryl methyl sites for hydroxylation is 2. The molecule has 0 bridgehead atoms. The maximum absolute atomic E-state index is 11.9. The number of aromatic nitrogens is 1. The summed E-state index contributed by atoms with van der Waals surface area (Å²) in [6, 6.07) is 13.6. The minimum absolute atomic E-state index is 0.164. The third-order valence-electron chi connectivity index (χ3n) is 3.82. The lowest BCUT2D eigenvalue weighted by atomic mass is 10.1. The van der Waals surface area contributed by atoms with Crippen molar-refractivity contribution >= 4 is 17.6 Å². The molecule has 0 atom stereocenters. The third-order valence-corrected chi connectivity index (χ3v) is 3.82. The van der Waals surface area contributed by atoms with Gasteiger partial charge < -0.3 is 14.8 Å². The highest BCUT2D eigenvalue weighted by Crippen LogP contribution is 2.23. The molecule has 1 aromatic heterocycles. The van der Waals surface area contributed by atoms with Crippen LogP contribution in [0.2, 0.25) is 0 Å². The second kappa shape index (κ2) is 7.39. The van der Waals surface area contributed by atoms with Gasteiger partial charge in [-0.05, 0) is 42.7 Å². The van der Waals surface area contributed by atoms with E-state index in [4.69, 9.17) is 9.47 Å². The van der Waals surface area contributed by atoms with Crippen molar-refractivity contribution in [2.75, 3.05) is 5.32 Å². The lowest BCUT2D eigenvalue weighted by Crippen LogP contribution is -2.42. The Bertz CT molecular complexity index is 822. The van der Waals surface area contributed by atoms with Gasteiger partial charge in [0.25, 0.3) is 5.79 Å². The number of benzene rings is 1. The van der Waals surface area contributed by atoms with Gasteiger partial charge in [0.05, 0.1) is 0 Å². The van der Waals surface area contributed by atoms with E-state index in [1.807, 2.05) is 42.5 Å². The van der Waals surface area contributed by atoms with Crippen LogP contribution in [-0.2, 0) is 31.9 Å². The molecular weight excluding hydrogens is 332 g/mol. The van der Waals surface area contributed by atoms with Crippen LogP contribution < -0.4 is 5.32 Å². The van der Waals surface area contributed by atoms with Gasteiger partial charge in [-0.2, -0.15) is 0 Å². The standard InChI is InChI=1S/C20H20N2O4/c1-20(2)25-18(23)17(19(24)26-20)13-22-16-8-5-6-14(12-16)9-10-15-7-3-4-11-21-15/h3-8,11-13,22H,9-10H2,1-2H3. The molecule has 3 rings (SSSR count). The predicted molar refractivity (Wildman–Crippen MR) is 96.1 cm³/mol. The average Bonchev–Trinajstić information content (AvgIpc) is 2.59. The molecule has 6 nitrogen and oxygen atoms in total. The number of hydrogen-bond donors (Lipinski definition) is 1. The molecule has 1 aromatic carbocycles. The van der Waals surface area contributed by atoms with Gasteiger partial charge in [-0.1, -0.05) is 18.2 Å². The summed E-state index contributed by atoms with van der Waals surface area (Å²) >= 11 is 0. The number of esters is 2. The Morgan fingerprint density at radius 3 is 2.50 bits per heavy atom. The smallest absolute Gasteiger partial charge is 0.350 e. The van der Waals surface area contributed by atoms with E-state index < -0.39 is 17.7 Å². The van der Waals surface area contributed by atoms with Crippen LogP contribution in [0, 0.1) is 0 Å². The lowest BCUT2D eigenvalue weighted by Gasteiger charge is -2.29. The summed E-state index contributed by atoms with van der Waals surface area (Å²) in [7, 11) is 0. The Morgan fingerprint density at radius 1 is 1.04 bits per heavy atom. The third kappa shape index (κ3) is 4.47. The van der Waals surface area contributed by atoms with Gasteiger partial charge in [-0.15, -0.1) is 0 Å². The highest BCUT2D eigenvalue weighted by molar-refractivity contribution is 6.15. The first-order valence-corrected chi connectivity index (χ1v) is 8.35. The minimum Gasteiger partial charge on any atom is -0.419 e. The van der Waals surface area contributed by atoms with Crippen molar-refractivity contribution < 1.29 is 19.1 Å². The summed E-state index contributed by atoms with van der Waals surface area (Å²) in [5, 5.41) is 2.96. The normalized spacial score (nSPS) is 15.8. The Kier molecular flexibility index (Phi) is 5.02. The first kappa shape index (κ1) is 17.7. The fourth-order valence-electron chi connectivity index (χ4n) is 2.57. The number of hydrogen-bond acceptors (Lipinski definition) is 6. The number of pyridine rings is 1. The van der Waals surface area contributed by atoms with Crippen LogP contribution >= 0.6 is 0 Å². The van der Waals surface area contributed by atoms with Crippen LogP contribution in [0.3, 0.4) is 0 Å². The summed E-state index contributed by atoms with van der Waals surface area (Å²) in [6.07, 6.45) is 4.77. The van der Waals surface area contributed by atoms with Crippen LogP contribution in [-0.4, -0.2) is 22.7 Å². The molecule has 0 saturated carbocycles. The van der Waals surface area contributed by atoms with Crippen molar-refractivity contribution in [1.82, 2.24) is 4.98 Å². The van der Waals surface area contributed by atoms with Crippen molar-refractivity contribution in [3.8, 4) is 0 Å². The molecule has 6 heteroatoms. The van der Waals surface area contributed by atoms with E-state index in [2.05, 4.69) is 10.3 Å². The number of carbonyl (C=O) groups excluding carboxylic acids is 2. The number of rotatable bonds is 5. The summed E-state index contributed by atoms with van der Waals surface area (Å²) in [4.78, 5) is 28.2. The maximum atomic E-state index is 11.9. The van der Waals surface area contributed by atoms with Crippen LogP contribution in [0.15, 0.2) is 60.4 Å². The summed E-state index contributed by atoms with van der Waals surface area (Å²) < 4.78 is 10.1. The molecule has 1 fully saturated rings. The number of ether oxygens (including phenoxy) is 2. The van der Waals surface area contributed by atoms with Gasteiger partial charge in [-0.25, -0.2) is 9.59 Å².